The van der Waals surface area contributed by atoms with Crippen LogP contribution in [0.15, 0.2) is 12.1 Å². The number of aromatic hydroxyl groups is 1. The number of benzene rings is 1. The highest BCUT2D eigenvalue weighted by Crippen LogP contribution is 2.27. The fourth-order valence-corrected chi connectivity index (χ4v) is 1.28. The Labute approximate surface area is 77.6 Å². The van der Waals surface area contributed by atoms with E-state index in [1.165, 1.54) is 0 Å². The molecular weight excluding hydrogens is 168 g/mol. The fraction of sp³-hybridized carbons (Fsp3) is 0.400. The smallest absolute Gasteiger partial charge is 0.125 e. The van der Waals surface area contributed by atoms with Crippen LogP contribution in [0.25, 0.3) is 0 Å². The predicted molar refractivity (Wildman–Crippen MR) is 50.2 cm³/mol. The number of hydrogen-bond acceptors (Lipinski definition) is 3. The van der Waals surface area contributed by atoms with Crippen LogP contribution >= 0.6 is 0 Å². The molecule has 0 atom stereocenters. The van der Waals surface area contributed by atoms with Gasteiger partial charge in [-0.05, 0) is 30.5 Å². The summed E-state index contributed by atoms with van der Waals surface area (Å²) in [4.78, 5) is 0. The Morgan fingerprint density at radius 2 is 2.08 bits per heavy atom. The quantitative estimate of drug-likeness (QED) is 0.739. The summed E-state index contributed by atoms with van der Waals surface area (Å²) in [6, 6.07) is 3.39. The molecule has 2 N–H and O–H groups in total. The number of aliphatic hydroxyl groups excluding tert-OH is 1. The van der Waals surface area contributed by atoms with Gasteiger partial charge in [0.1, 0.15) is 11.5 Å². The van der Waals surface area contributed by atoms with Gasteiger partial charge in [-0.25, -0.2) is 0 Å². The minimum Gasteiger partial charge on any atom is -0.508 e. The van der Waals surface area contributed by atoms with Crippen LogP contribution < -0.4 is 4.74 Å². The van der Waals surface area contributed by atoms with Crippen molar-refractivity contribution in [2.45, 2.75) is 13.3 Å². The molecule has 0 heterocycles. The van der Waals surface area contributed by atoms with E-state index in [-0.39, 0.29) is 12.4 Å². The Hall–Kier alpha value is -1.22. The number of phenols is 1. The van der Waals surface area contributed by atoms with Crippen LogP contribution in [0.3, 0.4) is 0 Å². The summed E-state index contributed by atoms with van der Waals surface area (Å²) in [6.07, 6.45) is 0.469. The van der Waals surface area contributed by atoms with Gasteiger partial charge in [-0.3, -0.25) is 0 Å². The Balaban J connectivity index is 3.05. The Bertz CT molecular complexity index is 294. The first kappa shape index (κ1) is 9.86. The second kappa shape index (κ2) is 4.14. The second-order valence-electron chi connectivity index (χ2n) is 2.92. The zero-order valence-corrected chi connectivity index (χ0v) is 7.87. The van der Waals surface area contributed by atoms with Crippen LogP contribution in [0, 0.1) is 6.92 Å². The molecule has 0 unspecified atom stereocenters. The van der Waals surface area contributed by atoms with Crippen molar-refractivity contribution in [2.75, 3.05) is 13.7 Å². The summed E-state index contributed by atoms with van der Waals surface area (Å²) in [5, 5.41) is 18.2. The van der Waals surface area contributed by atoms with E-state index in [1.807, 2.05) is 13.0 Å². The average molecular weight is 182 g/mol. The maximum atomic E-state index is 9.49. The molecule has 3 heteroatoms. The van der Waals surface area contributed by atoms with Crippen molar-refractivity contribution in [2.24, 2.45) is 0 Å². The highest BCUT2D eigenvalue weighted by molar-refractivity contribution is 5.45. The zero-order valence-electron chi connectivity index (χ0n) is 7.87. The lowest BCUT2D eigenvalue weighted by molar-refractivity contribution is 0.297. The van der Waals surface area contributed by atoms with Crippen molar-refractivity contribution >= 4 is 0 Å². The van der Waals surface area contributed by atoms with Crippen LogP contribution in [0.2, 0.25) is 0 Å². The predicted octanol–water partition coefficient (Wildman–Crippen LogP) is 1.24. The molecule has 1 aromatic rings. The van der Waals surface area contributed by atoms with E-state index < -0.39 is 0 Å². The third kappa shape index (κ3) is 2.12. The van der Waals surface area contributed by atoms with Gasteiger partial charge in [-0.1, -0.05) is 0 Å². The monoisotopic (exact) mass is 182 g/mol. The number of hydrogen-bond donors (Lipinski definition) is 2. The Morgan fingerprint density at radius 1 is 1.38 bits per heavy atom. The summed E-state index contributed by atoms with van der Waals surface area (Å²) in [6.45, 7) is 1.94. The number of methoxy groups -OCH3 is 1. The van der Waals surface area contributed by atoms with Gasteiger partial charge in [-0.15, -0.1) is 0 Å². The summed E-state index contributed by atoms with van der Waals surface area (Å²) in [7, 11) is 1.56. The summed E-state index contributed by atoms with van der Waals surface area (Å²) in [5.41, 5.74) is 1.71. The lowest BCUT2D eigenvalue weighted by Crippen LogP contribution is -1.94. The second-order valence-corrected chi connectivity index (χ2v) is 2.92. The first-order chi connectivity index (χ1) is 6.19. The van der Waals surface area contributed by atoms with Gasteiger partial charge < -0.3 is 14.9 Å². The maximum absolute atomic E-state index is 9.49. The molecule has 3 nitrogen and oxygen atoms in total. The van der Waals surface area contributed by atoms with Gasteiger partial charge in [0.15, 0.2) is 0 Å². The lowest BCUT2D eigenvalue weighted by atomic mass is 10.1. The van der Waals surface area contributed by atoms with Crippen molar-refractivity contribution < 1.29 is 14.9 Å². The fourth-order valence-electron chi connectivity index (χ4n) is 1.28. The Kier molecular flexibility index (Phi) is 3.14. The average Bonchev–Trinajstić information content (AvgIpc) is 2.11. The van der Waals surface area contributed by atoms with E-state index in [4.69, 9.17) is 9.84 Å². The number of aryl methyl sites for hydroxylation is 1. The SMILES string of the molecule is COc1cc(O)c(CCO)cc1C. The molecule has 1 aromatic carbocycles. The summed E-state index contributed by atoms with van der Waals surface area (Å²) < 4.78 is 5.04. The standard InChI is InChI=1S/C10H14O3/c1-7-5-8(3-4-11)9(12)6-10(7)13-2/h5-6,11-12H,3-4H2,1-2H3. The van der Waals surface area contributed by atoms with Crippen molar-refractivity contribution in [1.29, 1.82) is 0 Å². The molecule has 72 valence electrons. The summed E-state index contributed by atoms with van der Waals surface area (Å²) in [5.74, 6) is 0.843. The molecule has 0 saturated heterocycles. The highest BCUT2D eigenvalue weighted by Gasteiger charge is 2.05. The van der Waals surface area contributed by atoms with E-state index in [0.717, 1.165) is 11.1 Å². The molecular formula is C10H14O3. The van der Waals surface area contributed by atoms with Crippen molar-refractivity contribution in [1.82, 2.24) is 0 Å². The van der Waals surface area contributed by atoms with Crippen LogP contribution in [0.1, 0.15) is 11.1 Å². The van der Waals surface area contributed by atoms with E-state index in [9.17, 15) is 5.11 Å². The first-order valence-corrected chi connectivity index (χ1v) is 4.16. The molecule has 13 heavy (non-hydrogen) atoms. The molecule has 0 aliphatic rings. The molecule has 0 radical (unpaired) electrons. The third-order valence-electron chi connectivity index (χ3n) is 1.98. The molecule has 0 aliphatic heterocycles. The van der Waals surface area contributed by atoms with Gasteiger partial charge in [0.05, 0.1) is 7.11 Å². The molecule has 0 saturated carbocycles. The van der Waals surface area contributed by atoms with Crippen molar-refractivity contribution in [3.8, 4) is 11.5 Å². The first-order valence-electron chi connectivity index (χ1n) is 4.16. The maximum Gasteiger partial charge on any atom is 0.125 e. The van der Waals surface area contributed by atoms with E-state index in [2.05, 4.69) is 0 Å². The third-order valence-corrected chi connectivity index (χ3v) is 1.98. The van der Waals surface area contributed by atoms with Gasteiger partial charge >= 0.3 is 0 Å². The highest BCUT2D eigenvalue weighted by atomic mass is 16.5. The number of ether oxygens (including phenoxy) is 1. The van der Waals surface area contributed by atoms with Crippen molar-refractivity contribution in [3.63, 3.8) is 0 Å². The van der Waals surface area contributed by atoms with Crippen LogP contribution in [-0.4, -0.2) is 23.9 Å². The summed E-state index contributed by atoms with van der Waals surface area (Å²) >= 11 is 0. The van der Waals surface area contributed by atoms with E-state index >= 15 is 0 Å². The van der Waals surface area contributed by atoms with E-state index in [0.29, 0.717) is 12.2 Å². The molecule has 1 rings (SSSR count). The topological polar surface area (TPSA) is 49.7 Å². The van der Waals surface area contributed by atoms with Crippen LogP contribution in [0.5, 0.6) is 11.5 Å². The molecule has 0 spiro atoms. The molecule has 0 fully saturated rings. The molecule has 0 bridgehead atoms. The van der Waals surface area contributed by atoms with Gasteiger partial charge in [0.25, 0.3) is 0 Å². The van der Waals surface area contributed by atoms with Crippen LogP contribution in [-0.2, 0) is 6.42 Å². The van der Waals surface area contributed by atoms with Gasteiger partial charge in [-0.2, -0.15) is 0 Å². The lowest BCUT2D eigenvalue weighted by Gasteiger charge is -2.08. The largest absolute Gasteiger partial charge is 0.508 e. The number of aliphatic hydroxyl groups is 1. The van der Waals surface area contributed by atoms with Crippen LogP contribution in [0.4, 0.5) is 0 Å². The zero-order chi connectivity index (χ0) is 9.84. The number of phenolic OH excluding ortho intramolecular Hbond substituents is 1. The number of rotatable bonds is 3. The van der Waals surface area contributed by atoms with Gasteiger partial charge in [0, 0.05) is 12.7 Å². The molecule has 0 amide bonds. The normalized spacial score (nSPS) is 10.1. The Morgan fingerprint density at radius 3 is 2.62 bits per heavy atom. The minimum absolute atomic E-state index is 0.0410. The van der Waals surface area contributed by atoms with Crippen molar-refractivity contribution in [3.05, 3.63) is 23.3 Å². The molecule has 0 aliphatic carbocycles. The van der Waals surface area contributed by atoms with Gasteiger partial charge in [0.2, 0.25) is 0 Å². The molecule has 0 aromatic heterocycles. The van der Waals surface area contributed by atoms with E-state index in [1.54, 1.807) is 13.2 Å². The minimum atomic E-state index is 0.0410.